The zero-order chi connectivity index (χ0) is 14.5. The van der Waals surface area contributed by atoms with Gasteiger partial charge in [0, 0.05) is 19.2 Å². The Hall–Kier alpha value is -1.13. The summed E-state index contributed by atoms with van der Waals surface area (Å²) >= 11 is 5.69. The molecule has 0 saturated carbocycles. The summed E-state index contributed by atoms with van der Waals surface area (Å²) < 4.78 is 5.44. The van der Waals surface area contributed by atoms with Crippen LogP contribution >= 0.6 is 12.2 Å². The van der Waals surface area contributed by atoms with Crippen LogP contribution in [0.5, 0.6) is 0 Å². The van der Waals surface area contributed by atoms with Crippen molar-refractivity contribution in [2.24, 2.45) is 0 Å². The van der Waals surface area contributed by atoms with Gasteiger partial charge >= 0.3 is 0 Å². The van der Waals surface area contributed by atoms with Crippen LogP contribution in [0, 0.1) is 4.77 Å². The van der Waals surface area contributed by atoms with Crippen molar-refractivity contribution in [2.45, 2.75) is 52.1 Å². The van der Waals surface area contributed by atoms with Gasteiger partial charge in [0.05, 0.1) is 11.0 Å². The standard InChI is InChI=1S/C16H24N2OS/c1-3-13(9-7-8-12-19)18-15-11-6-5-10-14(15)17(4-2)16(18)20/h5-6,10-11,13,19H,3-4,7-9,12H2,1-2H3. The summed E-state index contributed by atoms with van der Waals surface area (Å²) in [6, 6.07) is 8.87. The maximum absolute atomic E-state index is 8.96. The molecule has 1 heterocycles. The third kappa shape index (κ3) is 2.81. The molecule has 2 rings (SSSR count). The number of imidazole rings is 1. The lowest BCUT2D eigenvalue weighted by Crippen LogP contribution is -2.09. The van der Waals surface area contributed by atoms with E-state index in [0.29, 0.717) is 6.04 Å². The van der Waals surface area contributed by atoms with E-state index in [1.54, 1.807) is 0 Å². The Morgan fingerprint density at radius 2 is 1.85 bits per heavy atom. The number of fused-ring (bicyclic) bond motifs is 1. The molecule has 2 aromatic rings. The molecule has 1 aromatic carbocycles. The van der Waals surface area contributed by atoms with Gasteiger partial charge in [-0.25, -0.2) is 0 Å². The maximum Gasteiger partial charge on any atom is 0.181 e. The van der Waals surface area contributed by atoms with E-state index in [-0.39, 0.29) is 6.61 Å². The number of hydrogen-bond donors (Lipinski definition) is 1. The monoisotopic (exact) mass is 292 g/mol. The summed E-state index contributed by atoms with van der Waals surface area (Å²) in [5.74, 6) is 0. The average Bonchev–Trinajstić information content (AvgIpc) is 2.76. The third-order valence-electron chi connectivity index (χ3n) is 3.97. The fraction of sp³-hybridized carbons (Fsp3) is 0.562. The topological polar surface area (TPSA) is 30.1 Å². The highest BCUT2D eigenvalue weighted by atomic mass is 32.1. The Labute approximate surface area is 125 Å². The molecule has 0 radical (unpaired) electrons. The first-order valence-corrected chi connectivity index (χ1v) is 7.96. The number of hydrogen-bond acceptors (Lipinski definition) is 2. The highest BCUT2D eigenvalue weighted by molar-refractivity contribution is 7.71. The molecule has 1 aromatic heterocycles. The van der Waals surface area contributed by atoms with Crippen LogP contribution in [0.15, 0.2) is 24.3 Å². The van der Waals surface area contributed by atoms with Crippen molar-refractivity contribution in [2.75, 3.05) is 6.61 Å². The molecule has 0 amide bonds. The molecular weight excluding hydrogens is 268 g/mol. The number of benzene rings is 1. The highest BCUT2D eigenvalue weighted by Crippen LogP contribution is 2.27. The summed E-state index contributed by atoms with van der Waals surface area (Å²) in [6.45, 7) is 5.53. The number of aliphatic hydroxyl groups excluding tert-OH is 1. The molecule has 0 fully saturated rings. The second kappa shape index (κ2) is 7.04. The van der Waals surface area contributed by atoms with Gasteiger partial charge in [-0.05, 0) is 57.0 Å². The number of para-hydroxylation sites is 2. The number of unbranched alkanes of at least 4 members (excludes halogenated alkanes) is 1. The molecule has 0 aliphatic heterocycles. The van der Waals surface area contributed by atoms with Crippen LogP contribution in [-0.4, -0.2) is 20.8 Å². The average molecular weight is 292 g/mol. The Morgan fingerprint density at radius 3 is 2.45 bits per heavy atom. The van der Waals surface area contributed by atoms with Crippen LogP contribution in [0.2, 0.25) is 0 Å². The predicted molar refractivity (Wildman–Crippen MR) is 86.7 cm³/mol. The third-order valence-corrected chi connectivity index (χ3v) is 4.38. The molecule has 0 aliphatic rings. The first-order valence-electron chi connectivity index (χ1n) is 7.55. The van der Waals surface area contributed by atoms with Crippen LogP contribution in [0.1, 0.15) is 45.6 Å². The number of nitrogens with zero attached hydrogens (tertiary/aromatic N) is 2. The SMILES string of the molecule is CCC(CCCCO)n1c(=S)n(CC)c2ccccc21. The summed E-state index contributed by atoms with van der Waals surface area (Å²) in [4.78, 5) is 0. The van der Waals surface area contributed by atoms with Crippen molar-refractivity contribution in [3.05, 3.63) is 29.0 Å². The van der Waals surface area contributed by atoms with Gasteiger partial charge in [-0.2, -0.15) is 0 Å². The Balaban J connectivity index is 2.46. The van der Waals surface area contributed by atoms with Gasteiger partial charge in [0.25, 0.3) is 0 Å². The maximum atomic E-state index is 8.96. The Morgan fingerprint density at radius 1 is 1.15 bits per heavy atom. The molecule has 3 nitrogen and oxygen atoms in total. The molecule has 20 heavy (non-hydrogen) atoms. The van der Waals surface area contributed by atoms with Gasteiger partial charge in [-0.3, -0.25) is 0 Å². The van der Waals surface area contributed by atoms with Crippen molar-refractivity contribution in [3.63, 3.8) is 0 Å². The van der Waals surface area contributed by atoms with Crippen molar-refractivity contribution >= 4 is 23.3 Å². The molecule has 4 heteroatoms. The minimum Gasteiger partial charge on any atom is -0.396 e. The van der Waals surface area contributed by atoms with E-state index >= 15 is 0 Å². The predicted octanol–water partition coefficient (Wildman–Crippen LogP) is 4.31. The molecular formula is C16H24N2OS. The number of aromatic nitrogens is 2. The van der Waals surface area contributed by atoms with Gasteiger partial charge in [-0.15, -0.1) is 0 Å². The van der Waals surface area contributed by atoms with E-state index in [0.717, 1.165) is 37.0 Å². The van der Waals surface area contributed by atoms with Gasteiger partial charge < -0.3 is 14.2 Å². The van der Waals surface area contributed by atoms with Crippen molar-refractivity contribution in [1.29, 1.82) is 0 Å². The zero-order valence-electron chi connectivity index (χ0n) is 12.4. The van der Waals surface area contributed by atoms with Gasteiger partial charge in [-0.1, -0.05) is 19.1 Å². The van der Waals surface area contributed by atoms with Crippen LogP contribution in [0.25, 0.3) is 11.0 Å². The van der Waals surface area contributed by atoms with Gasteiger partial charge in [0.1, 0.15) is 0 Å². The summed E-state index contributed by atoms with van der Waals surface area (Å²) in [6.07, 6.45) is 4.05. The van der Waals surface area contributed by atoms with E-state index in [1.165, 1.54) is 11.0 Å². The lowest BCUT2D eigenvalue weighted by atomic mass is 10.1. The zero-order valence-corrected chi connectivity index (χ0v) is 13.2. The first-order chi connectivity index (χ1) is 9.74. The second-order valence-corrected chi connectivity index (χ2v) is 5.53. The molecule has 1 atom stereocenters. The highest BCUT2D eigenvalue weighted by Gasteiger charge is 2.16. The van der Waals surface area contributed by atoms with E-state index in [4.69, 9.17) is 17.3 Å². The Bertz CT molecular complexity index is 614. The van der Waals surface area contributed by atoms with Gasteiger partial charge in [0.15, 0.2) is 4.77 Å². The summed E-state index contributed by atoms with van der Waals surface area (Å²) in [5, 5.41) is 8.96. The fourth-order valence-electron chi connectivity index (χ4n) is 2.90. The molecule has 110 valence electrons. The molecule has 0 spiro atoms. The minimum absolute atomic E-state index is 0.276. The molecule has 0 saturated heterocycles. The normalized spacial score (nSPS) is 12.9. The van der Waals surface area contributed by atoms with Gasteiger partial charge in [0.2, 0.25) is 0 Å². The first kappa shape index (κ1) is 15.3. The second-order valence-electron chi connectivity index (χ2n) is 5.17. The van der Waals surface area contributed by atoms with Crippen LogP contribution < -0.4 is 0 Å². The largest absolute Gasteiger partial charge is 0.396 e. The van der Waals surface area contributed by atoms with E-state index < -0.39 is 0 Å². The van der Waals surface area contributed by atoms with E-state index in [1.807, 2.05) is 0 Å². The van der Waals surface area contributed by atoms with Crippen molar-refractivity contribution in [1.82, 2.24) is 9.13 Å². The number of aliphatic hydroxyl groups is 1. The molecule has 1 unspecified atom stereocenters. The number of rotatable bonds is 7. The number of aryl methyl sites for hydroxylation is 1. The molecule has 1 N–H and O–H groups in total. The summed E-state index contributed by atoms with van der Waals surface area (Å²) in [7, 11) is 0. The quantitative estimate of drug-likeness (QED) is 0.609. The van der Waals surface area contributed by atoms with Crippen LogP contribution in [0.3, 0.4) is 0 Å². The summed E-state index contributed by atoms with van der Waals surface area (Å²) in [5.41, 5.74) is 2.45. The lowest BCUT2D eigenvalue weighted by Gasteiger charge is -2.17. The van der Waals surface area contributed by atoms with Crippen molar-refractivity contribution < 1.29 is 5.11 Å². The lowest BCUT2D eigenvalue weighted by molar-refractivity contribution is 0.277. The smallest absolute Gasteiger partial charge is 0.181 e. The molecule has 0 bridgehead atoms. The Kier molecular flexibility index (Phi) is 5.38. The van der Waals surface area contributed by atoms with Crippen LogP contribution in [0.4, 0.5) is 0 Å². The van der Waals surface area contributed by atoms with E-state index in [2.05, 4.69) is 47.2 Å². The van der Waals surface area contributed by atoms with E-state index in [9.17, 15) is 0 Å². The molecule has 0 aliphatic carbocycles. The minimum atomic E-state index is 0.276. The fourth-order valence-corrected chi connectivity index (χ4v) is 3.37. The van der Waals surface area contributed by atoms with Crippen molar-refractivity contribution in [3.8, 4) is 0 Å². The van der Waals surface area contributed by atoms with Crippen LogP contribution in [-0.2, 0) is 6.54 Å².